The second-order valence-corrected chi connectivity index (χ2v) is 8.35. The number of piperidine rings is 1. The number of benzene rings is 2. The van der Waals surface area contributed by atoms with Gasteiger partial charge in [0.25, 0.3) is 0 Å². The first kappa shape index (κ1) is 19.3. The van der Waals surface area contributed by atoms with Gasteiger partial charge >= 0.3 is 0 Å². The Bertz CT molecular complexity index is 760. The molecule has 0 aromatic heterocycles. The van der Waals surface area contributed by atoms with Gasteiger partial charge in [-0.25, -0.2) is 0 Å². The summed E-state index contributed by atoms with van der Waals surface area (Å²) in [5, 5.41) is 12.2. The molecular formula is C24H31NO3. The third-order valence-corrected chi connectivity index (χ3v) is 6.89. The molecule has 0 amide bonds. The molecule has 0 saturated carbocycles. The highest BCUT2D eigenvalue weighted by Crippen LogP contribution is 2.48. The zero-order chi connectivity index (χ0) is 19.7. The molecule has 2 atom stereocenters. The molecule has 0 aliphatic carbocycles. The number of rotatable bonds is 6. The number of hydrogen-bond acceptors (Lipinski definition) is 4. The van der Waals surface area contributed by atoms with Crippen LogP contribution in [-0.2, 0) is 5.60 Å². The van der Waals surface area contributed by atoms with Crippen molar-refractivity contribution in [3.05, 3.63) is 59.7 Å². The molecule has 4 heteroatoms. The van der Waals surface area contributed by atoms with E-state index in [1.807, 2.05) is 48.5 Å². The average Bonchev–Trinajstić information content (AvgIpc) is 2.93. The standard InChI is InChI=1S/C24H31NO3/c1-25-18-12-13-19(25)15-17(14-18)16-24(26,20-8-4-6-10-22(20)27-2)21-9-5-7-11-23(21)28-3/h4-11,17-19,26H,12-16H2,1-3H3. The van der Waals surface area contributed by atoms with Gasteiger partial charge < -0.3 is 19.5 Å². The first-order valence-corrected chi connectivity index (χ1v) is 10.3. The van der Waals surface area contributed by atoms with Crippen LogP contribution in [0.2, 0.25) is 0 Å². The van der Waals surface area contributed by atoms with Crippen molar-refractivity contribution in [2.45, 2.75) is 49.8 Å². The Morgan fingerprint density at radius 2 is 1.36 bits per heavy atom. The van der Waals surface area contributed by atoms with Crippen molar-refractivity contribution < 1.29 is 14.6 Å². The fourth-order valence-electron chi connectivity index (χ4n) is 5.45. The average molecular weight is 382 g/mol. The van der Waals surface area contributed by atoms with Crippen LogP contribution in [0.25, 0.3) is 0 Å². The summed E-state index contributed by atoms with van der Waals surface area (Å²) in [6, 6.07) is 16.9. The number of ether oxygens (including phenoxy) is 2. The van der Waals surface area contributed by atoms with Crippen LogP contribution in [0.5, 0.6) is 11.5 Å². The molecule has 2 aromatic rings. The molecule has 4 nitrogen and oxygen atoms in total. The van der Waals surface area contributed by atoms with E-state index in [2.05, 4.69) is 11.9 Å². The van der Waals surface area contributed by atoms with Gasteiger partial charge in [0.05, 0.1) is 14.2 Å². The highest BCUT2D eigenvalue weighted by Gasteiger charge is 2.44. The van der Waals surface area contributed by atoms with Gasteiger partial charge in [-0.05, 0) is 57.2 Å². The number of fused-ring (bicyclic) bond motifs is 2. The van der Waals surface area contributed by atoms with Crippen LogP contribution >= 0.6 is 0 Å². The van der Waals surface area contributed by atoms with Crippen LogP contribution in [0.15, 0.2) is 48.5 Å². The van der Waals surface area contributed by atoms with Gasteiger partial charge in [-0.2, -0.15) is 0 Å². The third-order valence-electron chi connectivity index (χ3n) is 6.89. The number of methoxy groups -OCH3 is 2. The number of para-hydroxylation sites is 2. The van der Waals surface area contributed by atoms with E-state index >= 15 is 0 Å². The second-order valence-electron chi connectivity index (χ2n) is 8.35. The van der Waals surface area contributed by atoms with E-state index in [1.165, 1.54) is 12.8 Å². The van der Waals surface area contributed by atoms with Gasteiger partial charge in [-0.15, -0.1) is 0 Å². The Balaban J connectivity index is 1.76. The van der Waals surface area contributed by atoms with Gasteiger partial charge in [0.15, 0.2) is 0 Å². The van der Waals surface area contributed by atoms with E-state index in [0.29, 0.717) is 35.9 Å². The lowest BCUT2D eigenvalue weighted by atomic mass is 9.74. The molecule has 2 aromatic carbocycles. The minimum Gasteiger partial charge on any atom is -0.496 e. The summed E-state index contributed by atoms with van der Waals surface area (Å²) >= 11 is 0. The van der Waals surface area contributed by atoms with Crippen LogP contribution < -0.4 is 9.47 Å². The quantitative estimate of drug-likeness (QED) is 0.814. The van der Waals surface area contributed by atoms with Gasteiger partial charge in [0.1, 0.15) is 17.1 Å². The van der Waals surface area contributed by atoms with E-state index in [4.69, 9.17) is 9.47 Å². The minimum atomic E-state index is -1.15. The maximum absolute atomic E-state index is 12.2. The predicted molar refractivity (Wildman–Crippen MR) is 111 cm³/mol. The van der Waals surface area contributed by atoms with E-state index < -0.39 is 5.60 Å². The van der Waals surface area contributed by atoms with Crippen molar-refractivity contribution in [1.82, 2.24) is 4.90 Å². The SMILES string of the molecule is COc1ccccc1C(O)(CC1CC2CCC(C1)N2C)c1ccccc1OC. The molecule has 2 bridgehead atoms. The summed E-state index contributed by atoms with van der Waals surface area (Å²) in [4.78, 5) is 2.54. The van der Waals surface area contributed by atoms with Gasteiger partial charge in [-0.1, -0.05) is 36.4 Å². The summed E-state index contributed by atoms with van der Waals surface area (Å²) in [5.41, 5.74) is 0.473. The van der Waals surface area contributed by atoms with Crippen molar-refractivity contribution in [1.29, 1.82) is 0 Å². The highest BCUT2D eigenvalue weighted by molar-refractivity contribution is 5.49. The van der Waals surface area contributed by atoms with Crippen molar-refractivity contribution in [2.75, 3.05) is 21.3 Å². The van der Waals surface area contributed by atoms with Crippen LogP contribution in [-0.4, -0.2) is 43.4 Å². The van der Waals surface area contributed by atoms with E-state index in [1.54, 1.807) is 14.2 Å². The van der Waals surface area contributed by atoms with E-state index in [0.717, 1.165) is 24.0 Å². The Labute approximate surface area is 168 Å². The van der Waals surface area contributed by atoms with E-state index in [9.17, 15) is 5.11 Å². The molecule has 2 heterocycles. The van der Waals surface area contributed by atoms with Crippen LogP contribution in [0, 0.1) is 5.92 Å². The molecule has 28 heavy (non-hydrogen) atoms. The largest absolute Gasteiger partial charge is 0.496 e. The summed E-state index contributed by atoms with van der Waals surface area (Å²) in [7, 11) is 5.58. The van der Waals surface area contributed by atoms with Crippen molar-refractivity contribution in [3.8, 4) is 11.5 Å². The molecule has 1 N–H and O–H groups in total. The first-order valence-electron chi connectivity index (χ1n) is 10.3. The van der Waals surface area contributed by atoms with Gasteiger partial charge in [0.2, 0.25) is 0 Å². The number of aliphatic hydroxyl groups is 1. The number of hydrogen-bond donors (Lipinski definition) is 1. The maximum atomic E-state index is 12.2. The summed E-state index contributed by atoms with van der Waals surface area (Å²) in [6.45, 7) is 0. The predicted octanol–water partition coefficient (Wildman–Crippen LogP) is 4.20. The smallest absolute Gasteiger partial charge is 0.125 e. The van der Waals surface area contributed by atoms with Crippen LogP contribution in [0.4, 0.5) is 0 Å². The van der Waals surface area contributed by atoms with Crippen LogP contribution in [0.1, 0.15) is 43.2 Å². The van der Waals surface area contributed by atoms with E-state index in [-0.39, 0.29) is 0 Å². The number of nitrogens with zero attached hydrogens (tertiary/aromatic N) is 1. The molecule has 4 rings (SSSR count). The second kappa shape index (κ2) is 7.76. The fourth-order valence-corrected chi connectivity index (χ4v) is 5.45. The van der Waals surface area contributed by atoms with Gasteiger partial charge in [0, 0.05) is 23.2 Å². The first-order chi connectivity index (χ1) is 13.6. The van der Waals surface area contributed by atoms with Crippen molar-refractivity contribution >= 4 is 0 Å². The minimum absolute atomic E-state index is 0.466. The van der Waals surface area contributed by atoms with Crippen molar-refractivity contribution in [2.24, 2.45) is 5.92 Å². The fraction of sp³-hybridized carbons (Fsp3) is 0.500. The monoisotopic (exact) mass is 381 g/mol. The Kier molecular flexibility index (Phi) is 5.35. The highest BCUT2D eigenvalue weighted by atomic mass is 16.5. The molecule has 2 fully saturated rings. The molecule has 2 aliphatic heterocycles. The lowest BCUT2D eigenvalue weighted by molar-refractivity contribution is 0.0234. The molecule has 2 unspecified atom stereocenters. The molecule has 2 saturated heterocycles. The van der Waals surface area contributed by atoms with Crippen molar-refractivity contribution in [3.63, 3.8) is 0 Å². The zero-order valence-electron chi connectivity index (χ0n) is 17.1. The molecule has 2 aliphatic rings. The van der Waals surface area contributed by atoms with Crippen LogP contribution in [0.3, 0.4) is 0 Å². The van der Waals surface area contributed by atoms with Gasteiger partial charge in [-0.3, -0.25) is 0 Å². The Morgan fingerprint density at radius 3 is 1.82 bits per heavy atom. The molecular weight excluding hydrogens is 350 g/mol. The normalized spacial score (nSPS) is 24.9. The Morgan fingerprint density at radius 1 is 0.893 bits per heavy atom. The zero-order valence-corrected chi connectivity index (χ0v) is 17.1. The summed E-state index contributed by atoms with van der Waals surface area (Å²) < 4.78 is 11.3. The molecule has 0 radical (unpaired) electrons. The summed E-state index contributed by atoms with van der Waals surface area (Å²) in [6.07, 6.45) is 5.51. The lowest BCUT2D eigenvalue weighted by Crippen LogP contribution is -2.42. The lowest BCUT2D eigenvalue weighted by Gasteiger charge is -2.41. The topological polar surface area (TPSA) is 41.9 Å². The maximum Gasteiger partial charge on any atom is 0.125 e. The third kappa shape index (κ3) is 3.29. The summed E-state index contributed by atoms with van der Waals surface area (Å²) in [5.74, 6) is 1.90. The molecule has 150 valence electrons. The molecule has 0 spiro atoms. The Hall–Kier alpha value is -2.04.